The predicted molar refractivity (Wildman–Crippen MR) is 34.7 cm³/mol. The van der Waals surface area contributed by atoms with Crippen LogP contribution in [0.25, 0.3) is 0 Å². The molecule has 0 aliphatic carbocycles. The highest BCUT2D eigenvalue weighted by Gasteiger charge is 2.54. The fourth-order valence-corrected chi connectivity index (χ4v) is 0.742. The van der Waals surface area contributed by atoms with Crippen LogP contribution in [0.15, 0.2) is 0 Å². The molecule has 12 heavy (non-hydrogen) atoms. The van der Waals surface area contributed by atoms with Crippen molar-refractivity contribution in [2.45, 2.75) is 31.0 Å². The summed E-state index contributed by atoms with van der Waals surface area (Å²) >= 11 is 0. The Hall–Kier alpha value is -0.530. The van der Waals surface area contributed by atoms with Crippen LogP contribution < -0.4 is 0 Å². The minimum Gasteiger partial charge on any atom is -0.387 e. The van der Waals surface area contributed by atoms with Gasteiger partial charge in [0.2, 0.25) is 0 Å². The molecule has 3 atom stereocenters. The third-order valence-electron chi connectivity index (χ3n) is 1.70. The number of hydrogen-bond acceptors (Lipinski definition) is 6. The summed E-state index contributed by atoms with van der Waals surface area (Å²) in [5, 5.41) is 27.1. The van der Waals surface area contributed by atoms with Crippen molar-refractivity contribution in [3.8, 4) is 0 Å². The first-order valence-corrected chi connectivity index (χ1v) is 3.37. The Labute approximate surface area is 68.3 Å². The van der Waals surface area contributed by atoms with Crippen LogP contribution in [0.2, 0.25) is 0 Å². The Morgan fingerprint density at radius 3 is 2.17 bits per heavy atom. The van der Waals surface area contributed by atoms with Gasteiger partial charge in [0.25, 0.3) is 5.79 Å². The van der Waals surface area contributed by atoms with Gasteiger partial charge in [-0.05, 0) is 6.92 Å². The maximum atomic E-state index is 10.00. The standard InChI is InChI=1S/C6H10O6/c1-6(11-12-6)5(10)4(9)3(8)2-7/h2-5,8-10H,1H3/t3-,4+,5+/m1/s1. The first kappa shape index (κ1) is 9.56. The Morgan fingerprint density at radius 2 is 1.83 bits per heavy atom. The number of aliphatic hydroxyl groups excluding tert-OH is 3. The van der Waals surface area contributed by atoms with Gasteiger partial charge in [-0.2, -0.15) is 9.78 Å². The van der Waals surface area contributed by atoms with Crippen LogP contribution in [0.4, 0.5) is 0 Å². The minimum atomic E-state index is -1.63. The van der Waals surface area contributed by atoms with Gasteiger partial charge in [-0.25, -0.2) is 0 Å². The summed E-state index contributed by atoms with van der Waals surface area (Å²) in [5.41, 5.74) is 0. The van der Waals surface area contributed by atoms with Gasteiger partial charge >= 0.3 is 0 Å². The molecule has 0 radical (unpaired) electrons. The summed E-state index contributed by atoms with van der Waals surface area (Å²) in [7, 11) is 0. The molecule has 0 bridgehead atoms. The monoisotopic (exact) mass is 178 g/mol. The molecule has 1 aliphatic rings. The SMILES string of the molecule is CC1([C@@H](O)[C@@H](O)[C@H](O)C=O)OO1. The maximum Gasteiger partial charge on any atom is 0.259 e. The largest absolute Gasteiger partial charge is 0.387 e. The molecular formula is C6H10O6. The van der Waals surface area contributed by atoms with E-state index in [2.05, 4.69) is 9.78 Å². The number of rotatable bonds is 4. The van der Waals surface area contributed by atoms with E-state index in [1.165, 1.54) is 6.92 Å². The van der Waals surface area contributed by atoms with Crippen molar-refractivity contribution in [3.63, 3.8) is 0 Å². The molecule has 1 fully saturated rings. The quantitative estimate of drug-likeness (QED) is 0.260. The fourth-order valence-electron chi connectivity index (χ4n) is 0.742. The van der Waals surface area contributed by atoms with Crippen LogP contribution in [0, 0.1) is 0 Å². The predicted octanol–water partition coefficient (Wildman–Crippen LogP) is -2.05. The molecule has 0 aromatic rings. The van der Waals surface area contributed by atoms with Gasteiger partial charge in [0, 0.05) is 0 Å². The summed E-state index contributed by atoms with van der Waals surface area (Å²) in [4.78, 5) is 18.7. The summed E-state index contributed by atoms with van der Waals surface area (Å²) in [6.07, 6.45) is -4.56. The lowest BCUT2D eigenvalue weighted by atomic mass is 10.0. The molecule has 0 aromatic heterocycles. The maximum absolute atomic E-state index is 10.00. The molecule has 6 heteroatoms. The molecule has 1 saturated heterocycles. The van der Waals surface area contributed by atoms with Crippen molar-refractivity contribution >= 4 is 6.29 Å². The second kappa shape index (κ2) is 3.08. The summed E-state index contributed by atoms with van der Waals surface area (Å²) in [5.74, 6) is -1.30. The molecular weight excluding hydrogens is 168 g/mol. The smallest absolute Gasteiger partial charge is 0.259 e. The van der Waals surface area contributed by atoms with E-state index in [0.717, 1.165) is 0 Å². The average Bonchev–Trinajstić information content (AvgIpc) is 2.81. The number of hydrogen-bond donors (Lipinski definition) is 3. The van der Waals surface area contributed by atoms with E-state index < -0.39 is 24.1 Å². The third-order valence-corrected chi connectivity index (χ3v) is 1.70. The van der Waals surface area contributed by atoms with E-state index in [9.17, 15) is 9.90 Å². The van der Waals surface area contributed by atoms with Gasteiger partial charge in [0.15, 0.2) is 6.29 Å². The lowest BCUT2D eigenvalue weighted by Crippen LogP contribution is -2.45. The zero-order valence-electron chi connectivity index (χ0n) is 6.38. The van der Waals surface area contributed by atoms with Crippen LogP contribution in [0.5, 0.6) is 0 Å². The van der Waals surface area contributed by atoms with E-state index in [1.54, 1.807) is 0 Å². The lowest BCUT2D eigenvalue weighted by molar-refractivity contribution is -0.130. The Morgan fingerprint density at radius 1 is 1.33 bits per heavy atom. The van der Waals surface area contributed by atoms with E-state index in [0.29, 0.717) is 0 Å². The van der Waals surface area contributed by atoms with Crippen molar-refractivity contribution < 1.29 is 29.9 Å². The lowest BCUT2D eigenvalue weighted by Gasteiger charge is -2.19. The van der Waals surface area contributed by atoms with E-state index >= 15 is 0 Å². The summed E-state index contributed by atoms with van der Waals surface area (Å²) in [6.45, 7) is 1.37. The van der Waals surface area contributed by atoms with Gasteiger partial charge < -0.3 is 20.1 Å². The number of aliphatic hydroxyl groups is 3. The zero-order valence-corrected chi connectivity index (χ0v) is 6.38. The molecule has 3 N–H and O–H groups in total. The van der Waals surface area contributed by atoms with Crippen molar-refractivity contribution in [3.05, 3.63) is 0 Å². The molecule has 1 aliphatic heterocycles. The molecule has 1 rings (SSSR count). The van der Waals surface area contributed by atoms with Crippen molar-refractivity contribution in [1.82, 2.24) is 0 Å². The summed E-state index contributed by atoms with van der Waals surface area (Å²) < 4.78 is 0. The van der Waals surface area contributed by atoms with Crippen LogP contribution in [-0.2, 0) is 14.6 Å². The van der Waals surface area contributed by atoms with E-state index in [-0.39, 0.29) is 6.29 Å². The topological polar surface area (TPSA) is 103 Å². The van der Waals surface area contributed by atoms with Gasteiger partial charge in [-0.3, -0.25) is 0 Å². The first-order chi connectivity index (χ1) is 5.51. The number of carbonyl (C=O) groups excluding carboxylic acids is 1. The minimum absolute atomic E-state index is 0.125. The van der Waals surface area contributed by atoms with Crippen molar-refractivity contribution in [2.75, 3.05) is 0 Å². The molecule has 0 amide bonds. The number of carbonyl (C=O) groups is 1. The Bertz CT molecular complexity index is 177. The van der Waals surface area contributed by atoms with Crippen LogP contribution in [0.1, 0.15) is 6.92 Å². The number of aldehydes is 1. The molecule has 1 heterocycles. The van der Waals surface area contributed by atoms with Crippen LogP contribution in [0.3, 0.4) is 0 Å². The molecule has 0 aromatic carbocycles. The Kier molecular flexibility index (Phi) is 2.45. The van der Waals surface area contributed by atoms with Crippen molar-refractivity contribution in [1.29, 1.82) is 0 Å². The molecule has 70 valence electrons. The molecule has 0 saturated carbocycles. The zero-order chi connectivity index (χ0) is 9.35. The Balaban J connectivity index is 2.51. The highest BCUT2D eigenvalue weighted by Crippen LogP contribution is 2.34. The van der Waals surface area contributed by atoms with E-state index in [4.69, 9.17) is 10.2 Å². The second-order valence-electron chi connectivity index (χ2n) is 2.74. The molecule has 0 unspecified atom stereocenters. The highest BCUT2D eigenvalue weighted by molar-refractivity contribution is 5.56. The van der Waals surface area contributed by atoms with E-state index in [1.807, 2.05) is 0 Å². The van der Waals surface area contributed by atoms with Crippen LogP contribution >= 0.6 is 0 Å². The van der Waals surface area contributed by atoms with Crippen molar-refractivity contribution in [2.24, 2.45) is 0 Å². The van der Waals surface area contributed by atoms with Gasteiger partial charge in [0.1, 0.15) is 18.3 Å². The van der Waals surface area contributed by atoms with Gasteiger partial charge in [-0.15, -0.1) is 0 Å². The van der Waals surface area contributed by atoms with Gasteiger partial charge in [-0.1, -0.05) is 0 Å². The third kappa shape index (κ3) is 1.62. The highest BCUT2D eigenvalue weighted by atomic mass is 17.4. The molecule has 6 nitrogen and oxygen atoms in total. The van der Waals surface area contributed by atoms with Crippen LogP contribution in [-0.4, -0.2) is 45.7 Å². The normalized spacial score (nSPS) is 27.3. The molecule has 0 spiro atoms. The second-order valence-corrected chi connectivity index (χ2v) is 2.74. The first-order valence-electron chi connectivity index (χ1n) is 3.37. The average molecular weight is 178 g/mol. The van der Waals surface area contributed by atoms with Gasteiger partial charge in [0.05, 0.1) is 0 Å². The fraction of sp³-hybridized carbons (Fsp3) is 0.833. The summed E-state index contributed by atoms with van der Waals surface area (Å²) in [6, 6.07) is 0.